The largest absolute Gasteiger partial charge is 0.396 e. The van der Waals surface area contributed by atoms with Crippen molar-refractivity contribution in [1.82, 2.24) is 4.90 Å². The number of nitrogens with zero attached hydrogens (tertiary/aromatic N) is 2. The van der Waals surface area contributed by atoms with Crippen LogP contribution in [0.5, 0.6) is 0 Å². The monoisotopic (exact) mass is 1110 g/mol. The number of allylic oxidation sites excluding steroid dienone is 2. The Morgan fingerprint density at radius 1 is 0.671 bits per heavy atom. The van der Waals surface area contributed by atoms with E-state index < -0.39 is 11.1 Å². The van der Waals surface area contributed by atoms with E-state index in [1.807, 2.05) is 0 Å². The molecule has 11 aliphatic carbocycles. The highest BCUT2D eigenvalue weighted by Crippen LogP contribution is 2.89. The molecule has 11 saturated carbocycles. The Hall–Kier alpha value is -0.610. The molecule has 0 radical (unpaired) electrons. The average molecular weight is 1110 g/mol. The molecule has 0 aromatic carbocycles. The van der Waals surface area contributed by atoms with Crippen molar-refractivity contribution >= 4 is 11.1 Å². The Kier molecular flexibility index (Phi) is 15.6. The molecule has 11 fully saturated rings. The van der Waals surface area contributed by atoms with Gasteiger partial charge in [0, 0.05) is 26.3 Å². The fraction of sp³-hybridized carbons (Fsp3) is 0.944. The Labute approximate surface area is 487 Å². The summed E-state index contributed by atoms with van der Waals surface area (Å²) in [6.45, 7) is 40.2. The van der Waals surface area contributed by atoms with Gasteiger partial charge in [0.25, 0.3) is 0 Å². The van der Waals surface area contributed by atoms with Gasteiger partial charge in [0.05, 0.1) is 39.0 Å². The van der Waals surface area contributed by atoms with Gasteiger partial charge >= 0.3 is 0 Å². The standard InChI is InChI=1S/C71H121N2O5S/c1-17-29-68-34-28-59(63(10,11)55(68)25-31-65(13)57(68)22-20-52-60-50(47(3)4)23-32-66(60,44-74)36-38-69(52,65)18-2)78-79(76)46-73(15,16)41-40-72(14)42-49(7)77-58-27-30-64(12)54(62(58,8)9)26-35-71-43-70(71)39-37-67(45-75)33-24-51(48(5)6)61(67)53(70)19-21-56(64)71/h49-61,74-75H,3,5,17-46H2,1-2,4,6-16H3/q+1/t49?,50?,51?,52?,53?,54?,55?,56?,57?,58-,59-,60?,61?,64-,65+,66-,67?,68-,69?,70?,71-,79?/m0/s1. The molecule has 15 unspecified atom stereocenters. The van der Waals surface area contributed by atoms with Crippen molar-refractivity contribution in [2.24, 2.45) is 113 Å². The van der Waals surface area contributed by atoms with Crippen LogP contribution in [0.15, 0.2) is 24.3 Å². The number of aliphatic hydroxyl groups excluding tert-OH is 2. The van der Waals surface area contributed by atoms with E-state index in [0.717, 1.165) is 37.9 Å². The maximum atomic E-state index is 14.4. The van der Waals surface area contributed by atoms with Crippen LogP contribution in [-0.4, -0.2) is 102 Å². The molecule has 11 aliphatic rings. The van der Waals surface area contributed by atoms with Crippen LogP contribution < -0.4 is 0 Å². The topological polar surface area (TPSA) is 79.2 Å². The number of fused-ring (bicyclic) bond motifs is 11. The minimum Gasteiger partial charge on any atom is -0.396 e. The number of aliphatic hydroxyl groups is 2. The third-order valence-electron chi connectivity index (χ3n) is 30.3. The van der Waals surface area contributed by atoms with Crippen LogP contribution in [-0.2, 0) is 20.0 Å². The third-order valence-corrected chi connectivity index (χ3v) is 31.6. The molecule has 0 bridgehead atoms. The van der Waals surface area contributed by atoms with Gasteiger partial charge in [-0.3, -0.25) is 9.08 Å². The first-order chi connectivity index (χ1) is 37.1. The van der Waals surface area contributed by atoms with Gasteiger partial charge in [-0.15, -0.1) is 0 Å². The Morgan fingerprint density at radius 3 is 1.90 bits per heavy atom. The Bertz CT molecular complexity index is 2330. The lowest BCUT2D eigenvalue weighted by Gasteiger charge is -2.74. The van der Waals surface area contributed by atoms with Crippen LogP contribution >= 0.6 is 0 Å². The number of rotatable bonds is 18. The van der Waals surface area contributed by atoms with Crippen molar-refractivity contribution < 1.29 is 27.8 Å². The number of quaternary nitrogens is 1. The van der Waals surface area contributed by atoms with Crippen LogP contribution in [0.25, 0.3) is 0 Å². The van der Waals surface area contributed by atoms with Crippen molar-refractivity contribution in [1.29, 1.82) is 0 Å². The zero-order valence-electron chi connectivity index (χ0n) is 53.6. The normalized spacial score (nSPS) is 49.8. The van der Waals surface area contributed by atoms with Crippen molar-refractivity contribution in [3.63, 3.8) is 0 Å². The number of ether oxygens (including phenoxy) is 1. The smallest absolute Gasteiger partial charge is 0.213 e. The van der Waals surface area contributed by atoms with E-state index in [-0.39, 0.29) is 50.8 Å². The van der Waals surface area contributed by atoms with E-state index in [0.29, 0.717) is 92.6 Å². The first-order valence-corrected chi connectivity index (χ1v) is 35.1. The summed E-state index contributed by atoms with van der Waals surface area (Å²) in [6.07, 6.45) is 31.0. The van der Waals surface area contributed by atoms with Crippen molar-refractivity contribution in [2.45, 2.75) is 249 Å². The SMILES string of the molecule is C=C(C)C1CCC2(CO)CCC34C[C@]35CCC3C(C)(C)[C@@H](OC(C)CN(C)CC[N+](C)(C)CS(=O)O[C@H]6CC[C@@]7(CCC)C(CC[C@]8(C)C7CCC7C9C(C(=C)C)CC[C@@]9(CO)CCC78CC)C6(C)C)CC[C@]3(C)C5CCC4C12. The molecular weight excluding hydrogens is 993 g/mol. The number of hydrogen-bond acceptors (Lipinski definition) is 6. The summed E-state index contributed by atoms with van der Waals surface area (Å²) in [4.78, 5) is 2.47. The molecule has 8 heteroatoms. The van der Waals surface area contributed by atoms with E-state index in [2.05, 4.69) is 115 Å². The van der Waals surface area contributed by atoms with Crippen LogP contribution in [0.4, 0.5) is 0 Å². The fourth-order valence-corrected chi connectivity index (χ4v) is 28.3. The maximum absolute atomic E-state index is 14.4. The quantitative estimate of drug-likeness (QED) is 0.105. The van der Waals surface area contributed by atoms with Crippen molar-refractivity contribution in [3.05, 3.63) is 24.3 Å². The molecular formula is C71H121N2O5S+. The first-order valence-electron chi connectivity index (χ1n) is 33.9. The fourth-order valence-electron chi connectivity index (χ4n) is 27.0. The summed E-state index contributed by atoms with van der Waals surface area (Å²) in [6, 6.07) is 0. The van der Waals surface area contributed by atoms with E-state index in [9.17, 15) is 14.4 Å². The molecule has 0 amide bonds. The summed E-state index contributed by atoms with van der Waals surface area (Å²) < 4.78 is 29.2. The Morgan fingerprint density at radius 2 is 1.27 bits per heavy atom. The first kappa shape index (κ1) is 60.1. The summed E-state index contributed by atoms with van der Waals surface area (Å²) >= 11 is -1.38. The van der Waals surface area contributed by atoms with Gasteiger partial charge in [0.15, 0.2) is 5.88 Å². The highest BCUT2D eigenvalue weighted by Gasteiger charge is 2.82. The predicted molar refractivity (Wildman–Crippen MR) is 326 cm³/mol. The van der Waals surface area contributed by atoms with E-state index in [4.69, 9.17) is 8.92 Å². The second-order valence-electron chi connectivity index (χ2n) is 34.2. The minimum atomic E-state index is -1.38. The van der Waals surface area contributed by atoms with Crippen LogP contribution in [0.2, 0.25) is 0 Å². The molecule has 0 aliphatic heterocycles. The molecule has 22 atom stereocenters. The highest BCUT2D eigenvalue weighted by atomic mass is 32.2. The summed E-state index contributed by atoms with van der Waals surface area (Å²) in [5.74, 6) is 7.13. The van der Waals surface area contributed by atoms with Crippen LogP contribution in [0.3, 0.4) is 0 Å². The van der Waals surface area contributed by atoms with Gasteiger partial charge in [0.1, 0.15) is 0 Å². The molecule has 2 N–H and O–H groups in total. The molecule has 79 heavy (non-hydrogen) atoms. The number of likely N-dealkylation sites (N-methyl/N-ethyl adjacent to an activating group) is 2. The average Bonchev–Trinajstić information content (AvgIpc) is 1.67. The predicted octanol–water partition coefficient (Wildman–Crippen LogP) is 15.6. The molecule has 0 aromatic heterocycles. The molecule has 2 spiro atoms. The molecule has 7 nitrogen and oxygen atoms in total. The van der Waals surface area contributed by atoms with Gasteiger partial charge in [-0.1, -0.05) is 86.1 Å². The summed E-state index contributed by atoms with van der Waals surface area (Å²) in [5, 5.41) is 22.1. The van der Waals surface area contributed by atoms with E-state index >= 15 is 0 Å². The molecule has 0 heterocycles. The van der Waals surface area contributed by atoms with E-state index in [1.54, 1.807) is 0 Å². The summed E-state index contributed by atoms with van der Waals surface area (Å²) in [7, 11) is 6.77. The van der Waals surface area contributed by atoms with Gasteiger partial charge in [0.2, 0.25) is 11.1 Å². The van der Waals surface area contributed by atoms with Gasteiger partial charge in [-0.05, 0) is 289 Å². The number of hydrogen-bond donors (Lipinski definition) is 2. The molecule has 0 saturated heterocycles. The van der Waals surface area contributed by atoms with E-state index in [1.165, 1.54) is 159 Å². The van der Waals surface area contributed by atoms with Gasteiger partial charge in [-0.25, -0.2) is 4.21 Å². The lowest BCUT2D eigenvalue weighted by atomic mass is 9.31. The van der Waals surface area contributed by atoms with Crippen LogP contribution in [0, 0.1) is 113 Å². The zero-order chi connectivity index (χ0) is 56.9. The van der Waals surface area contributed by atoms with Crippen molar-refractivity contribution in [2.75, 3.05) is 59.9 Å². The van der Waals surface area contributed by atoms with Crippen LogP contribution in [0.1, 0.15) is 230 Å². The third kappa shape index (κ3) is 8.66. The lowest BCUT2D eigenvalue weighted by molar-refractivity contribution is -0.877. The molecule has 0 aromatic rings. The van der Waals surface area contributed by atoms with Gasteiger partial charge < -0.3 is 19.4 Å². The maximum Gasteiger partial charge on any atom is 0.213 e. The minimum absolute atomic E-state index is 0.00304. The zero-order valence-corrected chi connectivity index (χ0v) is 54.4. The Balaban J connectivity index is 0.682. The van der Waals surface area contributed by atoms with Crippen molar-refractivity contribution in [3.8, 4) is 0 Å². The summed E-state index contributed by atoms with van der Waals surface area (Å²) in [5.41, 5.74) is 5.37. The molecule has 11 rings (SSSR count). The highest BCUT2D eigenvalue weighted by molar-refractivity contribution is 7.79. The van der Waals surface area contributed by atoms with Gasteiger partial charge in [-0.2, -0.15) is 0 Å². The second kappa shape index (κ2) is 20.5. The molecule has 450 valence electrons. The lowest BCUT2D eigenvalue weighted by Crippen LogP contribution is -2.68. The second-order valence-corrected chi connectivity index (χ2v) is 35.3.